The minimum Gasteiger partial charge on any atom is -0.489 e. The monoisotopic (exact) mass is 569 g/mol. The number of carbonyl (C=O) groups is 2. The second kappa shape index (κ2) is 14.6. The van der Waals surface area contributed by atoms with Crippen molar-refractivity contribution in [3.63, 3.8) is 0 Å². The summed E-state index contributed by atoms with van der Waals surface area (Å²) in [6.45, 7) is 6.32. The first kappa shape index (κ1) is 30.0. The Kier molecular flexibility index (Phi) is 10.4. The molecule has 0 unspecified atom stereocenters. The van der Waals surface area contributed by atoms with Crippen LogP contribution in [0.1, 0.15) is 45.1 Å². The summed E-state index contributed by atoms with van der Waals surface area (Å²) in [5, 5.41) is 0. The molecule has 0 aromatic heterocycles. The molecule has 218 valence electrons. The summed E-state index contributed by atoms with van der Waals surface area (Å²) in [4.78, 5) is 24.0. The number of benzene rings is 4. The topological polar surface area (TPSA) is 106 Å². The number of rotatable bonds is 14. The number of esters is 1. The fourth-order valence-electron chi connectivity index (χ4n) is 4.35. The van der Waals surface area contributed by atoms with E-state index in [0.29, 0.717) is 40.7 Å². The van der Waals surface area contributed by atoms with Gasteiger partial charge >= 0.3 is 5.97 Å². The molecule has 8 nitrogen and oxygen atoms in total. The largest absolute Gasteiger partial charge is 0.489 e. The van der Waals surface area contributed by atoms with Crippen LogP contribution in [0.15, 0.2) is 84.9 Å². The predicted octanol–water partition coefficient (Wildman–Crippen LogP) is 6.08. The number of aryl methyl sites for hydroxylation is 2. The number of carbonyl (C=O) groups excluding carboxylic acids is 2. The van der Waals surface area contributed by atoms with Gasteiger partial charge < -0.3 is 29.4 Å². The fraction of sp³-hybridized carbons (Fsp3) is 0.235. The lowest BCUT2D eigenvalue weighted by molar-refractivity contribution is -0.119. The summed E-state index contributed by atoms with van der Waals surface area (Å²) in [5.74, 6) is 1.16. The van der Waals surface area contributed by atoms with Gasteiger partial charge in [0.15, 0.2) is 6.61 Å². The molecule has 4 aromatic carbocycles. The highest BCUT2D eigenvalue weighted by Crippen LogP contribution is 2.31. The van der Waals surface area contributed by atoms with E-state index in [2.05, 4.69) is 0 Å². The lowest BCUT2D eigenvalue weighted by Gasteiger charge is -2.16. The van der Waals surface area contributed by atoms with Crippen LogP contribution in [0, 0.1) is 13.8 Å². The average molecular weight is 570 g/mol. The number of hydrogen-bond acceptors (Lipinski definition) is 7. The average Bonchev–Trinajstić information content (AvgIpc) is 2.98. The second-order valence-electron chi connectivity index (χ2n) is 9.65. The quantitative estimate of drug-likeness (QED) is 0.183. The van der Waals surface area contributed by atoms with E-state index in [4.69, 9.17) is 29.4 Å². The van der Waals surface area contributed by atoms with E-state index in [1.54, 1.807) is 13.0 Å². The molecule has 4 rings (SSSR count). The third-order valence-electron chi connectivity index (χ3n) is 6.34. The van der Waals surface area contributed by atoms with E-state index in [0.717, 1.165) is 22.3 Å². The van der Waals surface area contributed by atoms with Crippen LogP contribution in [0.3, 0.4) is 0 Å². The van der Waals surface area contributed by atoms with Gasteiger partial charge in [-0.2, -0.15) is 0 Å². The Morgan fingerprint density at radius 3 is 2.17 bits per heavy atom. The maximum absolute atomic E-state index is 12.8. The molecule has 0 atom stereocenters. The first-order valence-corrected chi connectivity index (χ1v) is 13.7. The van der Waals surface area contributed by atoms with Crippen LogP contribution < -0.4 is 24.7 Å². The molecule has 0 aliphatic carbocycles. The molecule has 42 heavy (non-hydrogen) atoms. The number of primary amides is 1. The predicted molar refractivity (Wildman–Crippen MR) is 159 cm³/mol. The van der Waals surface area contributed by atoms with Crippen LogP contribution in [0.25, 0.3) is 0 Å². The highest BCUT2D eigenvalue weighted by atomic mass is 16.5. The summed E-state index contributed by atoms with van der Waals surface area (Å²) in [5.41, 5.74) is 9.84. The Morgan fingerprint density at radius 1 is 0.690 bits per heavy atom. The molecule has 0 bridgehead atoms. The van der Waals surface area contributed by atoms with Crippen molar-refractivity contribution in [2.75, 3.05) is 13.2 Å². The van der Waals surface area contributed by atoms with Gasteiger partial charge in [0.05, 0.1) is 6.61 Å². The van der Waals surface area contributed by atoms with E-state index in [1.165, 1.54) is 0 Å². The van der Waals surface area contributed by atoms with Gasteiger partial charge in [-0.25, -0.2) is 4.79 Å². The zero-order chi connectivity index (χ0) is 29.9. The highest BCUT2D eigenvalue weighted by Gasteiger charge is 2.19. The number of ether oxygens (including phenoxy) is 5. The van der Waals surface area contributed by atoms with Gasteiger partial charge in [0.1, 0.15) is 48.4 Å². The molecule has 2 N–H and O–H groups in total. The molecule has 0 heterocycles. The van der Waals surface area contributed by atoms with Crippen LogP contribution in [-0.2, 0) is 29.4 Å². The van der Waals surface area contributed by atoms with Crippen LogP contribution >= 0.6 is 0 Å². The minimum atomic E-state index is -0.549. The molecule has 1 amide bonds. The van der Waals surface area contributed by atoms with Gasteiger partial charge in [-0.05, 0) is 61.2 Å². The van der Waals surface area contributed by atoms with Crippen molar-refractivity contribution in [2.24, 2.45) is 5.73 Å². The maximum Gasteiger partial charge on any atom is 0.342 e. The first-order valence-electron chi connectivity index (χ1n) is 13.7. The maximum atomic E-state index is 12.8. The van der Waals surface area contributed by atoms with Crippen LogP contribution in [0.2, 0.25) is 0 Å². The van der Waals surface area contributed by atoms with Crippen LogP contribution in [-0.4, -0.2) is 25.1 Å². The van der Waals surface area contributed by atoms with E-state index in [-0.39, 0.29) is 26.4 Å². The Bertz CT molecular complexity index is 1520. The molecule has 0 aliphatic rings. The Labute approximate surface area is 245 Å². The van der Waals surface area contributed by atoms with Crippen LogP contribution in [0.4, 0.5) is 0 Å². The van der Waals surface area contributed by atoms with Crippen molar-refractivity contribution < 1.29 is 33.3 Å². The van der Waals surface area contributed by atoms with Crippen molar-refractivity contribution in [1.82, 2.24) is 0 Å². The zero-order valence-corrected chi connectivity index (χ0v) is 24.1. The van der Waals surface area contributed by atoms with Gasteiger partial charge in [0.2, 0.25) is 0 Å². The molecule has 0 fully saturated rings. The van der Waals surface area contributed by atoms with Crippen LogP contribution in [0.5, 0.6) is 23.0 Å². The zero-order valence-electron chi connectivity index (χ0n) is 24.1. The van der Waals surface area contributed by atoms with Crippen molar-refractivity contribution in [1.29, 1.82) is 0 Å². The Morgan fingerprint density at radius 2 is 1.40 bits per heavy atom. The standard InChI is InChI=1S/C34H35NO7/c1-4-38-34(37)32-24(3)16-29(39-19-25-11-6-5-7-12-25)18-30(32)41-20-26-13-9-15-28(17-26)40-21-27-14-8-10-23(2)33(27)42-22-31(35)36/h5-18H,4,19-22H2,1-3H3,(H2,35,36). The summed E-state index contributed by atoms with van der Waals surface area (Å²) < 4.78 is 29.1. The second-order valence-corrected chi connectivity index (χ2v) is 9.65. The smallest absolute Gasteiger partial charge is 0.342 e. The van der Waals surface area contributed by atoms with Crippen molar-refractivity contribution in [3.05, 3.63) is 118 Å². The van der Waals surface area contributed by atoms with Gasteiger partial charge in [0.25, 0.3) is 5.91 Å². The molecule has 0 saturated carbocycles. The number of hydrogen-bond donors (Lipinski definition) is 1. The SMILES string of the molecule is CCOC(=O)c1c(C)cc(OCc2ccccc2)cc1OCc1cccc(OCc2cccc(C)c2OCC(N)=O)c1. The molecule has 4 aromatic rings. The lowest BCUT2D eigenvalue weighted by Crippen LogP contribution is -2.21. The molecule has 0 aliphatic heterocycles. The van der Waals surface area contributed by atoms with Crippen molar-refractivity contribution in [3.8, 4) is 23.0 Å². The van der Waals surface area contributed by atoms with E-state index in [9.17, 15) is 9.59 Å². The molecular weight excluding hydrogens is 534 g/mol. The lowest BCUT2D eigenvalue weighted by atomic mass is 10.1. The summed E-state index contributed by atoms with van der Waals surface area (Å²) in [6.07, 6.45) is 0. The van der Waals surface area contributed by atoms with E-state index >= 15 is 0 Å². The summed E-state index contributed by atoms with van der Waals surface area (Å²) >= 11 is 0. The van der Waals surface area contributed by atoms with Crippen molar-refractivity contribution in [2.45, 2.75) is 40.6 Å². The Hall–Kier alpha value is -4.98. The summed E-state index contributed by atoms with van der Waals surface area (Å²) in [7, 11) is 0. The van der Waals surface area contributed by atoms with Crippen molar-refractivity contribution >= 4 is 11.9 Å². The van der Waals surface area contributed by atoms with E-state index in [1.807, 2.05) is 92.7 Å². The van der Waals surface area contributed by atoms with E-state index < -0.39 is 11.9 Å². The highest BCUT2D eigenvalue weighted by molar-refractivity contribution is 5.94. The van der Waals surface area contributed by atoms with Gasteiger partial charge in [-0.15, -0.1) is 0 Å². The first-order chi connectivity index (χ1) is 20.3. The molecule has 0 saturated heterocycles. The normalized spacial score (nSPS) is 10.5. The molecule has 0 radical (unpaired) electrons. The third-order valence-corrected chi connectivity index (χ3v) is 6.34. The fourth-order valence-corrected chi connectivity index (χ4v) is 4.35. The van der Waals surface area contributed by atoms with Gasteiger partial charge in [-0.3, -0.25) is 4.79 Å². The molecule has 8 heteroatoms. The third kappa shape index (κ3) is 8.27. The number of nitrogens with two attached hydrogens (primary N) is 1. The Balaban J connectivity index is 1.48. The summed E-state index contributed by atoms with van der Waals surface area (Å²) in [6, 6.07) is 26.5. The van der Waals surface area contributed by atoms with Gasteiger partial charge in [0, 0.05) is 11.6 Å². The number of para-hydroxylation sites is 1. The minimum absolute atomic E-state index is 0.183. The van der Waals surface area contributed by atoms with Gasteiger partial charge in [-0.1, -0.05) is 60.7 Å². The molecular formula is C34H35NO7. The molecule has 0 spiro atoms. The number of amides is 1.